The number of aryl methyl sites for hydroxylation is 1. The van der Waals surface area contributed by atoms with Crippen molar-refractivity contribution in [3.8, 4) is 0 Å². The molecule has 0 aliphatic carbocycles. The van der Waals surface area contributed by atoms with Crippen molar-refractivity contribution in [2.75, 3.05) is 31.6 Å². The molecule has 3 aromatic heterocycles. The molecule has 1 saturated heterocycles. The third-order valence-corrected chi connectivity index (χ3v) is 5.90. The fraction of sp³-hybridized carbons (Fsp3) is 0.304. The van der Waals surface area contributed by atoms with Crippen LogP contribution in [0.2, 0.25) is 5.02 Å². The number of ether oxygens (including phenoxy) is 1. The minimum absolute atomic E-state index is 0.344. The molecular weight excluding hydrogens is 445 g/mol. The second kappa shape index (κ2) is 9.38. The van der Waals surface area contributed by atoms with Gasteiger partial charge in [-0.05, 0) is 36.8 Å². The van der Waals surface area contributed by atoms with Crippen LogP contribution in [0.3, 0.4) is 0 Å². The molecule has 170 valence electrons. The van der Waals surface area contributed by atoms with Gasteiger partial charge in [0.2, 0.25) is 0 Å². The zero-order chi connectivity index (χ0) is 22.8. The maximum absolute atomic E-state index is 14.5. The molecular formula is C23H23ClFN7O. The van der Waals surface area contributed by atoms with Gasteiger partial charge < -0.3 is 10.1 Å². The third-order valence-electron chi connectivity index (χ3n) is 5.66. The molecule has 5 rings (SSSR count). The van der Waals surface area contributed by atoms with E-state index in [1.54, 1.807) is 24.4 Å². The molecule has 1 aromatic carbocycles. The van der Waals surface area contributed by atoms with Crippen molar-refractivity contribution in [2.45, 2.75) is 19.9 Å². The number of imidazole rings is 1. The Morgan fingerprint density at radius 1 is 1.12 bits per heavy atom. The van der Waals surface area contributed by atoms with Gasteiger partial charge in [-0.2, -0.15) is 0 Å². The predicted molar refractivity (Wildman–Crippen MR) is 123 cm³/mol. The highest BCUT2D eigenvalue weighted by atomic mass is 35.5. The number of benzene rings is 1. The van der Waals surface area contributed by atoms with Crippen LogP contribution in [0.1, 0.15) is 22.5 Å². The van der Waals surface area contributed by atoms with Gasteiger partial charge in [0.1, 0.15) is 18.0 Å². The van der Waals surface area contributed by atoms with Crippen LogP contribution in [-0.4, -0.2) is 55.8 Å². The molecule has 4 heterocycles. The van der Waals surface area contributed by atoms with Crippen LogP contribution in [0.4, 0.5) is 16.0 Å². The molecule has 0 amide bonds. The summed E-state index contributed by atoms with van der Waals surface area (Å²) in [5.74, 6) is 0.914. The van der Waals surface area contributed by atoms with Crippen LogP contribution < -0.4 is 5.32 Å². The van der Waals surface area contributed by atoms with Crippen LogP contribution >= 0.6 is 11.6 Å². The molecule has 0 spiro atoms. The van der Waals surface area contributed by atoms with Gasteiger partial charge in [-0.15, -0.1) is 5.10 Å². The van der Waals surface area contributed by atoms with E-state index in [1.807, 2.05) is 17.5 Å². The van der Waals surface area contributed by atoms with Gasteiger partial charge >= 0.3 is 0 Å². The Hall–Kier alpha value is -3.14. The van der Waals surface area contributed by atoms with E-state index in [4.69, 9.17) is 26.4 Å². The minimum Gasteiger partial charge on any atom is -0.379 e. The summed E-state index contributed by atoms with van der Waals surface area (Å²) in [6, 6.07) is 8.49. The second-order valence-electron chi connectivity index (χ2n) is 7.95. The van der Waals surface area contributed by atoms with Crippen molar-refractivity contribution >= 4 is 28.9 Å². The van der Waals surface area contributed by atoms with E-state index in [2.05, 4.69) is 20.2 Å². The summed E-state index contributed by atoms with van der Waals surface area (Å²) in [6.07, 6.45) is 3.49. The lowest BCUT2D eigenvalue weighted by Crippen LogP contribution is -2.35. The summed E-state index contributed by atoms with van der Waals surface area (Å²) in [6.45, 7) is 5.76. The first-order valence-corrected chi connectivity index (χ1v) is 11.1. The largest absolute Gasteiger partial charge is 0.379 e. The number of morpholine rings is 1. The molecule has 0 saturated carbocycles. The molecule has 1 fully saturated rings. The molecule has 0 bridgehead atoms. The zero-order valence-electron chi connectivity index (χ0n) is 18.1. The van der Waals surface area contributed by atoms with Crippen LogP contribution in [0, 0.1) is 12.7 Å². The molecule has 1 aliphatic rings. The Bertz CT molecular complexity index is 1280. The lowest BCUT2D eigenvalue weighted by Gasteiger charge is -2.26. The quantitative estimate of drug-likeness (QED) is 0.462. The van der Waals surface area contributed by atoms with Gasteiger partial charge in [0.05, 0.1) is 24.6 Å². The van der Waals surface area contributed by atoms with Crippen molar-refractivity contribution in [2.24, 2.45) is 0 Å². The number of rotatable bonds is 6. The maximum atomic E-state index is 14.5. The molecule has 8 nitrogen and oxygen atoms in total. The molecule has 0 atom stereocenters. The lowest BCUT2D eigenvalue weighted by atomic mass is 10.1. The van der Waals surface area contributed by atoms with Crippen LogP contribution in [-0.2, 0) is 17.7 Å². The monoisotopic (exact) mass is 467 g/mol. The normalized spacial score (nSPS) is 14.6. The van der Waals surface area contributed by atoms with Crippen LogP contribution in [0.5, 0.6) is 0 Å². The highest BCUT2D eigenvalue weighted by Gasteiger charge is 2.20. The standard InChI is InChI=1S/C23H23ClFN7O/c1-15-20(10-16-2-3-18(24)12-19(16)25)32-23(28-15)17(13-31-6-8-33-9-7-31)11-22(30-32)29-21-4-5-26-14-27-21/h2-5,11-12,14H,6-10,13H2,1H3,(H,26,27,29,30). The van der Waals surface area contributed by atoms with Crippen molar-refractivity contribution < 1.29 is 9.13 Å². The minimum atomic E-state index is -0.347. The van der Waals surface area contributed by atoms with E-state index in [0.717, 1.165) is 35.7 Å². The predicted octanol–water partition coefficient (Wildman–Crippen LogP) is 3.79. The summed E-state index contributed by atoms with van der Waals surface area (Å²) < 4.78 is 21.8. The molecule has 33 heavy (non-hydrogen) atoms. The zero-order valence-corrected chi connectivity index (χ0v) is 18.9. The van der Waals surface area contributed by atoms with E-state index >= 15 is 0 Å². The maximum Gasteiger partial charge on any atom is 0.158 e. The highest BCUT2D eigenvalue weighted by molar-refractivity contribution is 6.30. The fourth-order valence-electron chi connectivity index (χ4n) is 3.96. The van der Waals surface area contributed by atoms with Gasteiger partial charge in [0.15, 0.2) is 11.5 Å². The summed E-state index contributed by atoms with van der Waals surface area (Å²) >= 11 is 5.93. The number of anilines is 2. The average molecular weight is 468 g/mol. The summed E-state index contributed by atoms with van der Waals surface area (Å²) in [4.78, 5) is 15.3. The Balaban J connectivity index is 1.57. The van der Waals surface area contributed by atoms with Crippen molar-refractivity contribution in [3.05, 3.63) is 76.2 Å². The number of hydrogen-bond donors (Lipinski definition) is 1. The average Bonchev–Trinajstić information content (AvgIpc) is 3.12. The van der Waals surface area contributed by atoms with E-state index in [9.17, 15) is 4.39 Å². The third kappa shape index (κ3) is 4.80. The van der Waals surface area contributed by atoms with E-state index in [1.165, 1.54) is 12.4 Å². The highest BCUT2D eigenvalue weighted by Crippen LogP contribution is 2.25. The number of aromatic nitrogens is 5. The first kappa shape index (κ1) is 21.7. The summed E-state index contributed by atoms with van der Waals surface area (Å²) in [5, 5.41) is 8.40. The van der Waals surface area contributed by atoms with Crippen LogP contribution in [0.15, 0.2) is 42.9 Å². The number of hydrogen-bond acceptors (Lipinski definition) is 7. The second-order valence-corrected chi connectivity index (χ2v) is 8.39. The Labute approximate surface area is 195 Å². The van der Waals surface area contributed by atoms with E-state index in [-0.39, 0.29) is 5.82 Å². The van der Waals surface area contributed by atoms with Gasteiger partial charge in [-0.1, -0.05) is 17.7 Å². The lowest BCUT2D eigenvalue weighted by molar-refractivity contribution is 0.0343. The molecule has 10 heteroatoms. The molecule has 4 aromatic rings. The van der Waals surface area contributed by atoms with Crippen LogP contribution in [0.25, 0.3) is 5.65 Å². The first-order valence-electron chi connectivity index (χ1n) is 10.7. The topological polar surface area (TPSA) is 80.5 Å². The SMILES string of the molecule is Cc1nc2c(CN3CCOCC3)cc(Nc3ccncn3)nn2c1Cc1ccc(Cl)cc1F. The number of nitrogens with zero attached hydrogens (tertiary/aromatic N) is 6. The summed E-state index contributed by atoms with van der Waals surface area (Å²) in [5.41, 5.74) is 3.95. The number of fused-ring (bicyclic) bond motifs is 1. The fourth-order valence-corrected chi connectivity index (χ4v) is 4.11. The first-order chi connectivity index (χ1) is 16.1. The molecule has 1 N–H and O–H groups in total. The van der Waals surface area contributed by atoms with Crippen molar-refractivity contribution in [3.63, 3.8) is 0 Å². The Kier molecular flexibility index (Phi) is 6.17. The Morgan fingerprint density at radius 2 is 1.97 bits per heavy atom. The van der Waals surface area contributed by atoms with E-state index in [0.29, 0.717) is 48.4 Å². The Morgan fingerprint density at radius 3 is 2.73 bits per heavy atom. The van der Waals surface area contributed by atoms with Crippen molar-refractivity contribution in [1.29, 1.82) is 0 Å². The van der Waals surface area contributed by atoms with Gasteiger partial charge in [0.25, 0.3) is 0 Å². The van der Waals surface area contributed by atoms with Gasteiger partial charge in [-0.3, -0.25) is 4.90 Å². The van der Waals surface area contributed by atoms with Crippen molar-refractivity contribution in [1.82, 2.24) is 29.5 Å². The number of nitrogens with one attached hydrogen (secondary N) is 1. The smallest absolute Gasteiger partial charge is 0.158 e. The van der Waals surface area contributed by atoms with E-state index < -0.39 is 0 Å². The molecule has 0 radical (unpaired) electrons. The van der Waals surface area contributed by atoms with Gasteiger partial charge in [-0.25, -0.2) is 23.9 Å². The molecule has 1 aliphatic heterocycles. The van der Waals surface area contributed by atoms with Gasteiger partial charge in [0, 0.05) is 42.8 Å². The summed E-state index contributed by atoms with van der Waals surface area (Å²) in [7, 11) is 0. The number of halogens is 2. The molecule has 0 unspecified atom stereocenters.